The summed E-state index contributed by atoms with van der Waals surface area (Å²) in [7, 11) is 0. The molecule has 318 valence electrons. The first-order chi connectivity index (χ1) is 28.1. The minimum absolute atomic E-state index is 0.0448. The van der Waals surface area contributed by atoms with Crippen molar-refractivity contribution in [3.8, 4) is 6.19 Å². The molecule has 5 N–H and O–H groups in total. The van der Waals surface area contributed by atoms with Gasteiger partial charge in [-0.25, -0.2) is 0 Å². The summed E-state index contributed by atoms with van der Waals surface area (Å²) in [6.07, 6.45) is 4.33. The highest BCUT2D eigenvalue weighted by Crippen LogP contribution is 2.24. The van der Waals surface area contributed by atoms with Gasteiger partial charge in [0.2, 0.25) is 23.6 Å². The van der Waals surface area contributed by atoms with Gasteiger partial charge in [-0.15, -0.1) is 0 Å². The van der Waals surface area contributed by atoms with E-state index < -0.39 is 35.9 Å². The van der Waals surface area contributed by atoms with Crippen molar-refractivity contribution in [2.24, 2.45) is 16.8 Å². The summed E-state index contributed by atoms with van der Waals surface area (Å²) in [5.41, 5.74) is 0.922. The van der Waals surface area contributed by atoms with Gasteiger partial charge in [-0.05, 0) is 60.6 Å². The number of thioether (sulfide) groups is 1. The molecule has 58 heavy (non-hydrogen) atoms. The predicted molar refractivity (Wildman–Crippen MR) is 226 cm³/mol. The van der Waals surface area contributed by atoms with Gasteiger partial charge < -0.3 is 35.4 Å². The number of amidine groups is 1. The molecule has 1 unspecified atom stereocenters. The Morgan fingerprint density at radius 1 is 0.931 bits per heavy atom. The number of benzene rings is 2. The molecule has 2 saturated heterocycles. The zero-order valence-corrected chi connectivity index (χ0v) is 35.1. The van der Waals surface area contributed by atoms with Gasteiger partial charge in [0.25, 0.3) is 0 Å². The maximum atomic E-state index is 14.4. The van der Waals surface area contributed by atoms with Crippen LogP contribution in [0.15, 0.2) is 47.5 Å². The fourth-order valence-corrected chi connectivity index (χ4v) is 7.60. The number of nitrogens with one attached hydrogen (secondary N) is 4. The smallest absolute Gasteiger partial charge is 0.242 e. The quantitative estimate of drug-likeness (QED) is 0.0408. The first kappa shape index (κ1) is 46.4. The lowest BCUT2D eigenvalue weighted by Gasteiger charge is -2.30. The summed E-state index contributed by atoms with van der Waals surface area (Å²) < 4.78 is 10.8. The molecule has 2 aromatic carbocycles. The lowest BCUT2D eigenvalue weighted by molar-refractivity contribution is -0.140. The van der Waals surface area contributed by atoms with Gasteiger partial charge in [-0.3, -0.25) is 34.4 Å². The van der Waals surface area contributed by atoms with E-state index in [9.17, 15) is 24.3 Å². The van der Waals surface area contributed by atoms with Crippen molar-refractivity contribution < 1.29 is 33.8 Å². The second-order valence-corrected chi connectivity index (χ2v) is 16.0. The molecular weight excluding hydrogens is 761 g/mol. The van der Waals surface area contributed by atoms with Crippen LogP contribution in [-0.4, -0.2) is 140 Å². The molecule has 4 atom stereocenters. The summed E-state index contributed by atoms with van der Waals surface area (Å²) in [5.74, 6) is -2.06. The number of unbranched alkanes of at least 4 members (excludes halogenated alkanes) is 1. The van der Waals surface area contributed by atoms with Crippen molar-refractivity contribution in [2.75, 3.05) is 78.5 Å². The molecule has 4 amide bonds. The van der Waals surface area contributed by atoms with Crippen molar-refractivity contribution in [2.45, 2.75) is 77.0 Å². The van der Waals surface area contributed by atoms with Gasteiger partial charge in [-0.1, -0.05) is 68.1 Å². The lowest BCUT2D eigenvalue weighted by atomic mass is 9.91. The van der Waals surface area contributed by atoms with Crippen LogP contribution in [0.25, 0.3) is 10.8 Å². The Kier molecular flexibility index (Phi) is 20.2. The Hall–Kier alpha value is -4.27. The molecule has 16 heteroatoms. The van der Waals surface area contributed by atoms with Crippen LogP contribution < -0.4 is 21.3 Å². The maximum absolute atomic E-state index is 14.4. The highest BCUT2D eigenvalue weighted by atomic mass is 32.2. The van der Waals surface area contributed by atoms with Crippen molar-refractivity contribution in [1.82, 2.24) is 31.1 Å². The lowest BCUT2D eigenvalue weighted by Crippen LogP contribution is -2.54. The molecule has 0 bridgehead atoms. The summed E-state index contributed by atoms with van der Waals surface area (Å²) >= 11 is 1.32. The van der Waals surface area contributed by atoms with Crippen LogP contribution in [0.1, 0.15) is 57.9 Å². The van der Waals surface area contributed by atoms with E-state index in [2.05, 4.69) is 31.2 Å². The zero-order chi connectivity index (χ0) is 41.7. The zero-order valence-electron chi connectivity index (χ0n) is 34.2. The Bertz CT molecular complexity index is 1690. The van der Waals surface area contributed by atoms with Crippen molar-refractivity contribution in [1.29, 1.82) is 5.26 Å². The highest BCUT2D eigenvalue weighted by molar-refractivity contribution is 8.13. The largest absolute Gasteiger partial charge is 0.390 e. The summed E-state index contributed by atoms with van der Waals surface area (Å²) in [6, 6.07) is 12.1. The van der Waals surface area contributed by atoms with Crippen LogP contribution in [0.2, 0.25) is 0 Å². The van der Waals surface area contributed by atoms with E-state index in [1.54, 1.807) is 4.90 Å². The number of aliphatic hydroxyl groups is 1. The number of amides is 4. The van der Waals surface area contributed by atoms with Gasteiger partial charge in [0.15, 0.2) is 11.4 Å². The number of aliphatic hydroxyl groups excluding tert-OH is 1. The third kappa shape index (κ3) is 15.8. The standard InChI is InChI=1S/C42H62N8O7S/c1-30(2)25-36(37(51)28-38(52)44-15-16-49-17-21-56-22-18-49)48-41(55)35(13-6-7-14-45-42(58-3)46-29-43)47-40(54)33(27-39(53)50-19-23-57-24-20-50)26-32-11-8-10-31-9-4-5-12-34(31)32/h4-5,8-12,30,33,35-37,51H,6-7,13-28H2,1-3H3,(H,44,52)(H,45,46)(H,47,54)(H,48,55)/t33?,35-,36-,37-/m0/s1. The third-order valence-electron chi connectivity index (χ3n) is 10.4. The summed E-state index contributed by atoms with van der Waals surface area (Å²) in [6.45, 7) is 10.2. The summed E-state index contributed by atoms with van der Waals surface area (Å²) in [5, 5.41) is 34.2. The topological polar surface area (TPSA) is 198 Å². The Labute approximate surface area is 347 Å². The van der Waals surface area contributed by atoms with Crippen LogP contribution in [-0.2, 0) is 35.1 Å². The minimum Gasteiger partial charge on any atom is -0.390 e. The van der Waals surface area contributed by atoms with E-state index in [1.165, 1.54) is 11.8 Å². The van der Waals surface area contributed by atoms with Crippen LogP contribution in [0.5, 0.6) is 0 Å². The highest BCUT2D eigenvalue weighted by Gasteiger charge is 2.32. The normalized spacial score (nSPS) is 17.2. The monoisotopic (exact) mass is 822 g/mol. The first-order valence-electron chi connectivity index (χ1n) is 20.5. The van der Waals surface area contributed by atoms with E-state index in [-0.39, 0.29) is 43.4 Å². The number of aliphatic imine (C=N–C) groups is 1. The third-order valence-corrected chi connectivity index (χ3v) is 11.0. The van der Waals surface area contributed by atoms with E-state index in [4.69, 9.17) is 14.7 Å². The van der Waals surface area contributed by atoms with Gasteiger partial charge in [-0.2, -0.15) is 5.26 Å². The molecule has 2 aromatic rings. The average molecular weight is 823 g/mol. The molecule has 0 aliphatic carbocycles. The maximum Gasteiger partial charge on any atom is 0.242 e. The Morgan fingerprint density at radius 3 is 2.34 bits per heavy atom. The Balaban J connectivity index is 1.51. The van der Waals surface area contributed by atoms with Crippen LogP contribution in [0.3, 0.4) is 0 Å². The number of carbonyl (C=O) groups is 4. The van der Waals surface area contributed by atoms with Crippen LogP contribution in [0.4, 0.5) is 0 Å². The number of ether oxygens (including phenoxy) is 2. The number of carbonyl (C=O) groups excluding carboxylic acids is 4. The number of nitrogens with zero attached hydrogens (tertiary/aromatic N) is 4. The molecule has 2 aliphatic rings. The predicted octanol–water partition coefficient (Wildman–Crippen LogP) is 2.42. The first-order valence-corrected chi connectivity index (χ1v) is 21.7. The molecule has 0 spiro atoms. The second-order valence-electron chi connectivity index (χ2n) is 15.2. The van der Waals surface area contributed by atoms with Gasteiger partial charge >= 0.3 is 0 Å². The Morgan fingerprint density at radius 2 is 1.64 bits per heavy atom. The van der Waals surface area contributed by atoms with Crippen molar-refractivity contribution in [3.05, 3.63) is 48.0 Å². The number of nitriles is 1. The number of hydrogen-bond donors (Lipinski definition) is 5. The van der Waals surface area contributed by atoms with Crippen LogP contribution in [0, 0.1) is 23.3 Å². The second kappa shape index (κ2) is 25.3. The fourth-order valence-electron chi connectivity index (χ4n) is 7.23. The van der Waals surface area contributed by atoms with Gasteiger partial charge in [0.05, 0.1) is 50.9 Å². The molecule has 0 radical (unpaired) electrons. The molecule has 2 heterocycles. The molecule has 0 saturated carbocycles. The number of hydrogen-bond acceptors (Lipinski definition) is 11. The van der Waals surface area contributed by atoms with E-state index in [1.807, 2.05) is 68.8 Å². The average Bonchev–Trinajstić information content (AvgIpc) is 3.22. The van der Waals surface area contributed by atoms with Crippen molar-refractivity contribution in [3.63, 3.8) is 0 Å². The molecule has 15 nitrogen and oxygen atoms in total. The van der Waals surface area contributed by atoms with E-state index in [0.29, 0.717) is 83.6 Å². The number of rotatable bonds is 21. The summed E-state index contributed by atoms with van der Waals surface area (Å²) in [4.78, 5) is 63.5. The van der Waals surface area contributed by atoms with Crippen molar-refractivity contribution >= 4 is 51.3 Å². The SMILES string of the molecule is CSC(=NCCCC[C@H](NC(=O)C(CC(=O)N1CCOCC1)Cc1cccc2ccccc12)C(=O)N[C@@H](CC(C)C)[C@@H](O)CC(=O)NCCN1CCOCC1)NC#N. The molecule has 2 fully saturated rings. The molecule has 2 aliphatic heterocycles. The fraction of sp³-hybridized carbons (Fsp3) is 0.619. The molecule has 4 rings (SSSR count). The van der Waals surface area contributed by atoms with Crippen LogP contribution >= 0.6 is 11.8 Å². The van der Waals surface area contributed by atoms with Gasteiger partial charge in [0, 0.05) is 52.2 Å². The van der Waals surface area contributed by atoms with Gasteiger partial charge in [0.1, 0.15) is 6.04 Å². The number of morpholine rings is 2. The molecule has 0 aromatic heterocycles. The molecular formula is C42H62N8O7S. The van der Waals surface area contributed by atoms with E-state index in [0.717, 1.165) is 29.4 Å². The minimum atomic E-state index is -1.16. The van der Waals surface area contributed by atoms with E-state index >= 15 is 0 Å². The number of fused-ring (bicyclic) bond motifs is 1.